The van der Waals surface area contributed by atoms with E-state index < -0.39 is 0 Å². The first-order valence-corrected chi connectivity index (χ1v) is 6.99. The number of fused-ring (bicyclic) bond motifs is 1. The quantitative estimate of drug-likeness (QED) is 0.785. The summed E-state index contributed by atoms with van der Waals surface area (Å²) in [4.78, 5) is 8.49. The van der Waals surface area contributed by atoms with Crippen LogP contribution >= 0.6 is 0 Å². The van der Waals surface area contributed by atoms with Gasteiger partial charge in [-0.2, -0.15) is 0 Å². The number of pyridine rings is 1. The van der Waals surface area contributed by atoms with Crippen molar-refractivity contribution in [3.8, 4) is 0 Å². The van der Waals surface area contributed by atoms with Crippen LogP contribution < -0.4 is 5.32 Å². The molecule has 0 spiro atoms. The van der Waals surface area contributed by atoms with Gasteiger partial charge in [0.15, 0.2) is 0 Å². The SMILES string of the molecule is c1cc(NCc2cncn2C2CC2)c2cnccc2c1. The van der Waals surface area contributed by atoms with Crippen LogP contribution in [0.5, 0.6) is 0 Å². The zero-order valence-corrected chi connectivity index (χ0v) is 11.2. The van der Waals surface area contributed by atoms with E-state index >= 15 is 0 Å². The van der Waals surface area contributed by atoms with Gasteiger partial charge in [0.1, 0.15) is 0 Å². The Morgan fingerprint density at radius 3 is 3.00 bits per heavy atom. The molecule has 2 aromatic heterocycles. The lowest BCUT2D eigenvalue weighted by atomic mass is 10.1. The van der Waals surface area contributed by atoms with Crippen molar-refractivity contribution in [3.63, 3.8) is 0 Å². The van der Waals surface area contributed by atoms with Crippen molar-refractivity contribution in [1.29, 1.82) is 0 Å². The molecule has 4 heteroatoms. The average Bonchev–Trinajstić information content (AvgIpc) is 3.24. The fraction of sp³-hybridized carbons (Fsp3) is 0.250. The number of nitrogens with one attached hydrogen (secondary N) is 1. The molecule has 0 amide bonds. The molecule has 4 nitrogen and oxygen atoms in total. The van der Waals surface area contributed by atoms with Crippen LogP contribution in [-0.2, 0) is 6.54 Å². The Hall–Kier alpha value is -2.36. The molecule has 0 radical (unpaired) electrons. The number of imidazole rings is 1. The van der Waals surface area contributed by atoms with Gasteiger partial charge in [-0.15, -0.1) is 0 Å². The summed E-state index contributed by atoms with van der Waals surface area (Å²) < 4.78 is 2.29. The average molecular weight is 264 g/mol. The molecule has 1 fully saturated rings. The highest BCUT2D eigenvalue weighted by Gasteiger charge is 2.24. The summed E-state index contributed by atoms with van der Waals surface area (Å²) in [7, 11) is 0. The molecule has 0 saturated heterocycles. The minimum absolute atomic E-state index is 0.670. The minimum Gasteiger partial charge on any atom is -0.379 e. The molecule has 0 unspecified atom stereocenters. The monoisotopic (exact) mass is 264 g/mol. The van der Waals surface area contributed by atoms with E-state index in [1.807, 2.05) is 31.0 Å². The van der Waals surface area contributed by atoms with Gasteiger partial charge in [0.25, 0.3) is 0 Å². The summed E-state index contributed by atoms with van der Waals surface area (Å²) in [6.07, 6.45) is 10.2. The number of rotatable bonds is 4. The fourth-order valence-corrected chi connectivity index (χ4v) is 2.60. The van der Waals surface area contributed by atoms with Crippen molar-refractivity contribution < 1.29 is 0 Å². The Bertz CT molecular complexity index is 738. The second-order valence-corrected chi connectivity index (χ2v) is 5.28. The Morgan fingerprint density at radius 2 is 2.10 bits per heavy atom. The number of nitrogens with zero attached hydrogens (tertiary/aromatic N) is 3. The molecule has 1 aliphatic rings. The largest absolute Gasteiger partial charge is 0.379 e. The standard InChI is InChI=1S/C16H16N4/c1-2-12-6-7-17-10-15(12)16(3-1)19-9-14-8-18-11-20(14)13-4-5-13/h1-3,6-8,10-11,13,19H,4-5,9H2. The third-order valence-electron chi connectivity index (χ3n) is 3.83. The lowest BCUT2D eigenvalue weighted by Crippen LogP contribution is -2.06. The van der Waals surface area contributed by atoms with Crippen molar-refractivity contribution in [2.24, 2.45) is 0 Å². The van der Waals surface area contributed by atoms with E-state index in [9.17, 15) is 0 Å². The molecule has 1 aliphatic carbocycles. The molecule has 0 aliphatic heterocycles. The molecular formula is C16H16N4. The van der Waals surface area contributed by atoms with Gasteiger partial charge in [-0.3, -0.25) is 4.98 Å². The number of anilines is 1. The Morgan fingerprint density at radius 1 is 1.15 bits per heavy atom. The second kappa shape index (κ2) is 4.63. The van der Waals surface area contributed by atoms with Crippen LogP contribution in [0.2, 0.25) is 0 Å². The summed E-state index contributed by atoms with van der Waals surface area (Å²) in [5, 5.41) is 5.88. The van der Waals surface area contributed by atoms with E-state index in [4.69, 9.17) is 0 Å². The molecule has 3 aromatic rings. The number of benzene rings is 1. The molecule has 4 rings (SSSR count). The van der Waals surface area contributed by atoms with Crippen LogP contribution in [0.4, 0.5) is 5.69 Å². The summed E-state index contributed by atoms with van der Waals surface area (Å²) in [6, 6.07) is 8.99. The molecule has 1 aromatic carbocycles. The number of hydrogen-bond acceptors (Lipinski definition) is 3. The first-order chi connectivity index (χ1) is 9.92. The Balaban J connectivity index is 1.60. The number of hydrogen-bond donors (Lipinski definition) is 1. The Kier molecular flexibility index (Phi) is 2.66. The van der Waals surface area contributed by atoms with Gasteiger partial charge in [-0.25, -0.2) is 4.98 Å². The molecule has 2 heterocycles. The second-order valence-electron chi connectivity index (χ2n) is 5.28. The van der Waals surface area contributed by atoms with Gasteiger partial charge in [-0.05, 0) is 30.4 Å². The van der Waals surface area contributed by atoms with E-state index in [-0.39, 0.29) is 0 Å². The third kappa shape index (κ3) is 2.03. The maximum atomic E-state index is 4.27. The van der Waals surface area contributed by atoms with Gasteiger partial charge in [0.2, 0.25) is 0 Å². The lowest BCUT2D eigenvalue weighted by Gasteiger charge is -2.11. The van der Waals surface area contributed by atoms with Gasteiger partial charge >= 0.3 is 0 Å². The molecule has 100 valence electrons. The molecule has 0 bridgehead atoms. The summed E-state index contributed by atoms with van der Waals surface area (Å²) >= 11 is 0. The van der Waals surface area contributed by atoms with Crippen LogP contribution in [0, 0.1) is 0 Å². The van der Waals surface area contributed by atoms with E-state index in [1.54, 1.807) is 0 Å². The first kappa shape index (κ1) is 11.5. The zero-order valence-electron chi connectivity index (χ0n) is 11.2. The maximum Gasteiger partial charge on any atom is 0.0951 e. The van der Waals surface area contributed by atoms with Crippen LogP contribution in [0.25, 0.3) is 10.8 Å². The lowest BCUT2D eigenvalue weighted by molar-refractivity contribution is 0.701. The fourth-order valence-electron chi connectivity index (χ4n) is 2.60. The van der Waals surface area contributed by atoms with Crippen molar-refractivity contribution >= 4 is 16.5 Å². The van der Waals surface area contributed by atoms with Gasteiger partial charge in [-0.1, -0.05) is 12.1 Å². The van der Waals surface area contributed by atoms with E-state index in [2.05, 4.69) is 38.1 Å². The van der Waals surface area contributed by atoms with Crippen molar-refractivity contribution in [3.05, 3.63) is 54.9 Å². The third-order valence-corrected chi connectivity index (χ3v) is 3.83. The van der Waals surface area contributed by atoms with Crippen molar-refractivity contribution in [2.45, 2.75) is 25.4 Å². The van der Waals surface area contributed by atoms with Crippen LogP contribution in [0.1, 0.15) is 24.6 Å². The van der Waals surface area contributed by atoms with E-state index in [0.717, 1.165) is 17.6 Å². The molecule has 0 atom stereocenters. The van der Waals surface area contributed by atoms with Crippen molar-refractivity contribution in [1.82, 2.24) is 14.5 Å². The highest BCUT2D eigenvalue weighted by atomic mass is 15.1. The highest BCUT2D eigenvalue weighted by Crippen LogP contribution is 2.35. The topological polar surface area (TPSA) is 42.7 Å². The number of aromatic nitrogens is 3. The predicted octanol–water partition coefficient (Wildman–Crippen LogP) is 3.38. The van der Waals surface area contributed by atoms with Gasteiger partial charge in [0, 0.05) is 35.7 Å². The first-order valence-electron chi connectivity index (χ1n) is 6.99. The molecule has 1 saturated carbocycles. The van der Waals surface area contributed by atoms with Crippen LogP contribution in [0.3, 0.4) is 0 Å². The highest BCUT2D eigenvalue weighted by molar-refractivity contribution is 5.92. The van der Waals surface area contributed by atoms with Crippen LogP contribution in [-0.4, -0.2) is 14.5 Å². The van der Waals surface area contributed by atoms with E-state index in [1.165, 1.54) is 23.9 Å². The smallest absolute Gasteiger partial charge is 0.0951 e. The predicted molar refractivity (Wildman–Crippen MR) is 79.6 cm³/mol. The molecular weight excluding hydrogens is 248 g/mol. The summed E-state index contributed by atoms with van der Waals surface area (Å²) in [5.74, 6) is 0. The Labute approximate surface area is 117 Å². The van der Waals surface area contributed by atoms with E-state index in [0.29, 0.717) is 6.04 Å². The van der Waals surface area contributed by atoms with Crippen molar-refractivity contribution in [2.75, 3.05) is 5.32 Å². The van der Waals surface area contributed by atoms with Gasteiger partial charge in [0.05, 0.1) is 18.6 Å². The van der Waals surface area contributed by atoms with Gasteiger partial charge < -0.3 is 9.88 Å². The molecule has 20 heavy (non-hydrogen) atoms. The molecule has 1 N–H and O–H groups in total. The maximum absolute atomic E-state index is 4.27. The minimum atomic E-state index is 0.670. The summed E-state index contributed by atoms with van der Waals surface area (Å²) in [5.41, 5.74) is 2.37. The van der Waals surface area contributed by atoms with Crippen LogP contribution in [0.15, 0.2) is 49.2 Å². The summed E-state index contributed by atoms with van der Waals surface area (Å²) in [6.45, 7) is 0.796. The zero-order chi connectivity index (χ0) is 13.4. The normalized spacial score (nSPS) is 14.6.